The maximum atomic E-state index is 12.5. The number of nitrogens with one attached hydrogen (secondary N) is 1. The molecule has 3 rings (SSSR count). The van der Waals surface area contributed by atoms with E-state index in [-0.39, 0.29) is 13.0 Å². The van der Waals surface area contributed by atoms with E-state index in [0.717, 1.165) is 9.91 Å². The van der Waals surface area contributed by atoms with Gasteiger partial charge in [-0.15, -0.1) is 4.28 Å². The number of hydroxylamine groups is 2. The van der Waals surface area contributed by atoms with Gasteiger partial charge in [-0.2, -0.15) is 13.5 Å². The van der Waals surface area contributed by atoms with Crippen molar-refractivity contribution in [3.05, 3.63) is 35.9 Å². The van der Waals surface area contributed by atoms with E-state index in [4.69, 9.17) is 4.55 Å². The fraction of sp³-hybridized carbons (Fsp3) is 0.400. The molecule has 2 aliphatic rings. The van der Waals surface area contributed by atoms with E-state index in [2.05, 4.69) is 9.71 Å². The number of urea groups is 1. The van der Waals surface area contributed by atoms with Crippen molar-refractivity contribution in [2.75, 3.05) is 13.6 Å². The van der Waals surface area contributed by atoms with Crippen molar-refractivity contribution >= 4 is 28.2 Å². The van der Waals surface area contributed by atoms with Crippen LogP contribution in [0.25, 0.3) is 0 Å². The van der Waals surface area contributed by atoms with Crippen molar-refractivity contribution in [2.24, 2.45) is 0 Å². The van der Waals surface area contributed by atoms with Crippen LogP contribution in [0.1, 0.15) is 23.2 Å². The first kappa shape index (κ1) is 19.1. The number of rotatable bonds is 4. The van der Waals surface area contributed by atoms with Crippen molar-refractivity contribution in [2.45, 2.75) is 24.9 Å². The third-order valence-electron chi connectivity index (χ3n) is 4.40. The van der Waals surface area contributed by atoms with Crippen molar-refractivity contribution in [1.29, 1.82) is 0 Å². The first-order valence-electron chi connectivity index (χ1n) is 8.08. The number of carbonyl (C=O) groups is 3. The summed E-state index contributed by atoms with van der Waals surface area (Å²) in [5, 5.41) is 1.58. The molecule has 2 atom stereocenters. The van der Waals surface area contributed by atoms with Crippen LogP contribution in [-0.2, 0) is 19.5 Å². The van der Waals surface area contributed by atoms with Gasteiger partial charge in [0.1, 0.15) is 6.04 Å². The van der Waals surface area contributed by atoms with Crippen LogP contribution in [0.3, 0.4) is 0 Å². The summed E-state index contributed by atoms with van der Waals surface area (Å²) in [5.41, 5.74) is 2.82. The number of fused-ring (bicyclic) bond motifs is 2. The average Bonchev–Trinajstić information content (AvgIpc) is 2.85. The van der Waals surface area contributed by atoms with Crippen molar-refractivity contribution < 1.29 is 31.6 Å². The second-order valence-electron chi connectivity index (χ2n) is 6.22. The molecular weight excluding hydrogens is 380 g/mol. The van der Waals surface area contributed by atoms with Crippen LogP contribution in [0.15, 0.2) is 30.3 Å². The fourth-order valence-corrected chi connectivity index (χ4v) is 3.56. The van der Waals surface area contributed by atoms with Gasteiger partial charge in [0.05, 0.1) is 6.04 Å². The number of hydrogen-bond donors (Lipinski definition) is 2. The normalized spacial score (nSPS) is 21.9. The van der Waals surface area contributed by atoms with E-state index in [0.29, 0.717) is 17.0 Å². The second kappa shape index (κ2) is 7.13. The van der Waals surface area contributed by atoms with E-state index >= 15 is 0 Å². The van der Waals surface area contributed by atoms with Gasteiger partial charge in [-0.1, -0.05) is 18.2 Å². The minimum atomic E-state index is -4.85. The molecule has 0 unspecified atom stereocenters. The molecule has 0 aromatic heterocycles. The van der Waals surface area contributed by atoms with E-state index in [1.54, 1.807) is 30.3 Å². The van der Waals surface area contributed by atoms with Crippen LogP contribution in [-0.4, -0.2) is 71.5 Å². The highest BCUT2D eigenvalue weighted by molar-refractivity contribution is 7.80. The molecular formula is C15H18N4O7S. The van der Waals surface area contributed by atoms with E-state index < -0.39 is 40.3 Å². The monoisotopic (exact) mass is 398 g/mol. The Hall–Kier alpha value is -2.70. The van der Waals surface area contributed by atoms with Crippen LogP contribution in [0.5, 0.6) is 0 Å². The zero-order chi connectivity index (χ0) is 19.8. The minimum absolute atomic E-state index is 0.0722. The van der Waals surface area contributed by atoms with Crippen LogP contribution >= 0.6 is 0 Å². The van der Waals surface area contributed by atoms with Gasteiger partial charge in [0.2, 0.25) is 0 Å². The molecule has 2 bridgehead atoms. The lowest BCUT2D eigenvalue weighted by atomic mass is 10.0. The Balaban J connectivity index is 1.66. The maximum Gasteiger partial charge on any atom is 0.418 e. The lowest BCUT2D eigenvalue weighted by molar-refractivity contribution is -0.129. The third-order valence-corrected chi connectivity index (χ3v) is 4.75. The molecule has 12 heteroatoms. The summed E-state index contributed by atoms with van der Waals surface area (Å²) in [5.74, 6) is -1.01. The van der Waals surface area contributed by atoms with Crippen molar-refractivity contribution in [3.8, 4) is 0 Å². The molecule has 2 aliphatic heterocycles. The highest BCUT2D eigenvalue weighted by Gasteiger charge is 2.49. The molecule has 0 aliphatic carbocycles. The summed E-state index contributed by atoms with van der Waals surface area (Å²) < 4.78 is 34.9. The Labute approximate surface area is 155 Å². The van der Waals surface area contributed by atoms with Gasteiger partial charge in [-0.05, 0) is 25.0 Å². The zero-order valence-electron chi connectivity index (χ0n) is 14.3. The Bertz CT molecular complexity index is 860. The number of carbonyl (C=O) groups excluding carboxylic acids is 3. The largest absolute Gasteiger partial charge is 0.418 e. The Morgan fingerprint density at radius 2 is 1.93 bits per heavy atom. The summed E-state index contributed by atoms with van der Waals surface area (Å²) in [6, 6.07) is 6.02. The Kier molecular flexibility index (Phi) is 5.04. The lowest BCUT2D eigenvalue weighted by Gasteiger charge is -2.30. The van der Waals surface area contributed by atoms with Crippen LogP contribution < -0.4 is 5.43 Å². The number of amides is 4. The quantitative estimate of drug-likeness (QED) is 0.529. The lowest BCUT2D eigenvalue weighted by Crippen LogP contribution is -2.54. The van der Waals surface area contributed by atoms with Gasteiger partial charge < -0.3 is 4.90 Å². The number of piperidine rings is 1. The van der Waals surface area contributed by atoms with Crippen molar-refractivity contribution in [1.82, 2.24) is 20.4 Å². The standard InChI is InChI=1S/C15H18N4O7S/c1-17(14(21)10-5-3-2-4-6-10)16-13(20)12-8-7-11-9-18(12)15(22)19(11)26-27(23,24)25/h2-6,11-12H,7-9H2,1H3,(H,16,20)(H,23,24,25)/t11-,12+/m0/s1. The molecule has 2 N–H and O–H groups in total. The third kappa shape index (κ3) is 4.02. The molecule has 4 amide bonds. The summed E-state index contributed by atoms with van der Waals surface area (Å²) in [4.78, 5) is 38.3. The van der Waals surface area contributed by atoms with E-state index in [1.807, 2.05) is 0 Å². The smallest absolute Gasteiger partial charge is 0.309 e. The molecule has 27 heavy (non-hydrogen) atoms. The average molecular weight is 398 g/mol. The maximum absolute atomic E-state index is 12.5. The zero-order valence-corrected chi connectivity index (χ0v) is 15.1. The second-order valence-corrected chi connectivity index (χ2v) is 7.22. The first-order chi connectivity index (χ1) is 12.7. The minimum Gasteiger partial charge on any atom is -0.309 e. The number of benzene rings is 1. The summed E-state index contributed by atoms with van der Waals surface area (Å²) in [7, 11) is -3.47. The SMILES string of the molecule is CN(NC(=O)[C@H]1CC[C@H]2CN1C(=O)N2OS(=O)(=O)O)C(=O)c1ccccc1. The summed E-state index contributed by atoms with van der Waals surface area (Å²) >= 11 is 0. The van der Waals surface area contributed by atoms with Gasteiger partial charge in [0.15, 0.2) is 0 Å². The highest BCUT2D eigenvalue weighted by atomic mass is 32.3. The molecule has 146 valence electrons. The number of nitrogens with zero attached hydrogens (tertiary/aromatic N) is 3. The summed E-state index contributed by atoms with van der Waals surface area (Å²) in [6.45, 7) is 0.0722. The predicted molar refractivity (Wildman–Crippen MR) is 90.1 cm³/mol. The van der Waals surface area contributed by atoms with Gasteiger partial charge in [-0.25, -0.2) is 4.79 Å². The van der Waals surface area contributed by atoms with Gasteiger partial charge in [0, 0.05) is 19.2 Å². The van der Waals surface area contributed by atoms with Gasteiger partial charge in [0.25, 0.3) is 11.8 Å². The molecule has 11 nitrogen and oxygen atoms in total. The molecule has 0 spiro atoms. The molecule has 2 saturated heterocycles. The van der Waals surface area contributed by atoms with Crippen molar-refractivity contribution in [3.63, 3.8) is 0 Å². The molecule has 0 saturated carbocycles. The van der Waals surface area contributed by atoms with Crippen LogP contribution in [0, 0.1) is 0 Å². The Morgan fingerprint density at radius 3 is 2.56 bits per heavy atom. The summed E-state index contributed by atoms with van der Waals surface area (Å²) in [6.07, 6.45) is 0.549. The van der Waals surface area contributed by atoms with Gasteiger partial charge >= 0.3 is 16.4 Å². The van der Waals surface area contributed by atoms with Crippen LogP contribution in [0.4, 0.5) is 4.79 Å². The number of hydrogen-bond acceptors (Lipinski definition) is 6. The van der Waals surface area contributed by atoms with E-state index in [9.17, 15) is 22.8 Å². The topological polar surface area (TPSA) is 137 Å². The molecule has 2 heterocycles. The van der Waals surface area contributed by atoms with Crippen LogP contribution in [0.2, 0.25) is 0 Å². The molecule has 1 aromatic rings. The fourth-order valence-electron chi connectivity index (χ4n) is 3.17. The van der Waals surface area contributed by atoms with Gasteiger partial charge in [-0.3, -0.25) is 24.6 Å². The highest BCUT2D eigenvalue weighted by Crippen LogP contribution is 2.30. The molecule has 2 fully saturated rings. The Morgan fingerprint density at radius 1 is 1.26 bits per heavy atom. The van der Waals surface area contributed by atoms with E-state index in [1.165, 1.54) is 7.05 Å². The molecule has 0 radical (unpaired) electrons. The predicted octanol–water partition coefficient (Wildman–Crippen LogP) is -0.207. The first-order valence-corrected chi connectivity index (χ1v) is 9.44. The number of hydrazine groups is 1. The molecule has 1 aromatic carbocycles.